The molecular formula is C12H19N3O2. The number of morpholine rings is 1. The molecule has 94 valence electrons. The van der Waals surface area contributed by atoms with E-state index in [4.69, 9.17) is 9.47 Å². The van der Waals surface area contributed by atoms with Crippen molar-refractivity contribution >= 4 is 5.82 Å². The van der Waals surface area contributed by atoms with E-state index >= 15 is 0 Å². The highest BCUT2D eigenvalue weighted by atomic mass is 16.5. The van der Waals surface area contributed by atoms with Crippen molar-refractivity contribution < 1.29 is 9.47 Å². The number of methoxy groups -OCH3 is 1. The van der Waals surface area contributed by atoms with Crippen molar-refractivity contribution in [1.82, 2.24) is 9.97 Å². The molecule has 1 aromatic rings. The molecule has 0 amide bonds. The second-order valence-corrected chi connectivity index (χ2v) is 4.31. The van der Waals surface area contributed by atoms with Crippen molar-refractivity contribution in [3.05, 3.63) is 17.6 Å². The summed E-state index contributed by atoms with van der Waals surface area (Å²) in [6.07, 6.45) is 0.129. The van der Waals surface area contributed by atoms with E-state index in [2.05, 4.69) is 14.9 Å². The maximum atomic E-state index is 5.62. The number of nitrogens with zero attached hydrogens (tertiary/aromatic N) is 3. The van der Waals surface area contributed by atoms with Crippen LogP contribution in [-0.4, -0.2) is 49.5 Å². The summed E-state index contributed by atoms with van der Waals surface area (Å²) < 4.78 is 10.7. The van der Waals surface area contributed by atoms with Crippen LogP contribution < -0.4 is 4.90 Å². The van der Waals surface area contributed by atoms with Gasteiger partial charge in [-0.1, -0.05) is 0 Å². The molecule has 0 radical (unpaired) electrons. The SMILES string of the molecule is COC[C@@H]1CN(c2cc(C)nc(C)n2)CCO1. The lowest BCUT2D eigenvalue weighted by molar-refractivity contribution is -0.0102. The summed E-state index contributed by atoms with van der Waals surface area (Å²) in [4.78, 5) is 11.0. The molecule has 0 bridgehead atoms. The Hall–Kier alpha value is -1.20. The van der Waals surface area contributed by atoms with Gasteiger partial charge in [-0.15, -0.1) is 0 Å². The van der Waals surface area contributed by atoms with Crippen molar-refractivity contribution in [3.63, 3.8) is 0 Å². The third kappa shape index (κ3) is 3.14. The van der Waals surface area contributed by atoms with Gasteiger partial charge < -0.3 is 14.4 Å². The smallest absolute Gasteiger partial charge is 0.132 e. The van der Waals surface area contributed by atoms with E-state index in [1.807, 2.05) is 19.9 Å². The normalized spacial score (nSPS) is 20.6. The van der Waals surface area contributed by atoms with Crippen LogP contribution in [0.25, 0.3) is 0 Å². The predicted molar refractivity (Wildman–Crippen MR) is 65.3 cm³/mol. The molecule has 1 atom stereocenters. The average molecular weight is 237 g/mol. The number of anilines is 1. The monoisotopic (exact) mass is 237 g/mol. The summed E-state index contributed by atoms with van der Waals surface area (Å²) in [7, 11) is 1.70. The van der Waals surface area contributed by atoms with E-state index in [0.29, 0.717) is 6.61 Å². The zero-order valence-electron chi connectivity index (χ0n) is 10.6. The molecule has 0 saturated carbocycles. The van der Waals surface area contributed by atoms with Gasteiger partial charge in [-0.2, -0.15) is 0 Å². The number of rotatable bonds is 3. The van der Waals surface area contributed by atoms with Crippen LogP contribution in [0.2, 0.25) is 0 Å². The first-order chi connectivity index (χ1) is 8.19. The molecule has 1 fully saturated rings. The Balaban J connectivity index is 2.10. The van der Waals surface area contributed by atoms with Crippen LogP contribution in [-0.2, 0) is 9.47 Å². The van der Waals surface area contributed by atoms with Gasteiger partial charge in [0.05, 0.1) is 19.3 Å². The van der Waals surface area contributed by atoms with Gasteiger partial charge in [0.2, 0.25) is 0 Å². The van der Waals surface area contributed by atoms with E-state index in [0.717, 1.165) is 37.0 Å². The minimum Gasteiger partial charge on any atom is -0.382 e. The second-order valence-electron chi connectivity index (χ2n) is 4.31. The molecule has 0 aliphatic carbocycles. The van der Waals surface area contributed by atoms with Gasteiger partial charge in [0.25, 0.3) is 0 Å². The topological polar surface area (TPSA) is 47.5 Å². The molecule has 1 aromatic heterocycles. The molecule has 0 N–H and O–H groups in total. The number of hydrogen-bond acceptors (Lipinski definition) is 5. The summed E-state index contributed by atoms with van der Waals surface area (Å²) in [5, 5.41) is 0. The number of aromatic nitrogens is 2. The molecule has 0 aromatic carbocycles. The standard InChI is InChI=1S/C12H19N3O2/c1-9-6-12(14-10(2)13-9)15-4-5-17-11(7-15)8-16-3/h6,11H,4-5,7-8H2,1-3H3/t11-/m0/s1. The lowest BCUT2D eigenvalue weighted by Gasteiger charge is -2.33. The summed E-state index contributed by atoms with van der Waals surface area (Å²) >= 11 is 0. The summed E-state index contributed by atoms with van der Waals surface area (Å²) in [5.74, 6) is 1.80. The zero-order valence-corrected chi connectivity index (χ0v) is 10.6. The van der Waals surface area contributed by atoms with Crippen LogP contribution >= 0.6 is 0 Å². The lowest BCUT2D eigenvalue weighted by atomic mass is 10.2. The molecular weight excluding hydrogens is 218 g/mol. The zero-order chi connectivity index (χ0) is 12.3. The van der Waals surface area contributed by atoms with E-state index < -0.39 is 0 Å². The van der Waals surface area contributed by atoms with Gasteiger partial charge in [0.1, 0.15) is 11.6 Å². The van der Waals surface area contributed by atoms with Gasteiger partial charge in [-0.05, 0) is 13.8 Å². The Morgan fingerprint density at radius 3 is 3.00 bits per heavy atom. The first-order valence-electron chi connectivity index (χ1n) is 5.87. The third-order valence-electron chi connectivity index (χ3n) is 2.77. The molecule has 5 nitrogen and oxygen atoms in total. The fourth-order valence-electron chi connectivity index (χ4n) is 2.07. The number of aryl methyl sites for hydroxylation is 2. The fraction of sp³-hybridized carbons (Fsp3) is 0.667. The van der Waals surface area contributed by atoms with Crippen LogP contribution in [0.5, 0.6) is 0 Å². The van der Waals surface area contributed by atoms with Gasteiger partial charge in [-0.25, -0.2) is 9.97 Å². The Labute approximate surface area is 102 Å². The van der Waals surface area contributed by atoms with Gasteiger partial charge in [0.15, 0.2) is 0 Å². The highest BCUT2D eigenvalue weighted by molar-refractivity contribution is 5.40. The molecule has 1 aliphatic rings. The average Bonchev–Trinajstić information content (AvgIpc) is 2.28. The lowest BCUT2D eigenvalue weighted by Crippen LogP contribution is -2.44. The van der Waals surface area contributed by atoms with Gasteiger partial charge >= 0.3 is 0 Å². The molecule has 5 heteroatoms. The van der Waals surface area contributed by atoms with Crippen molar-refractivity contribution in [3.8, 4) is 0 Å². The molecule has 2 heterocycles. The highest BCUT2D eigenvalue weighted by Crippen LogP contribution is 2.16. The quantitative estimate of drug-likeness (QED) is 0.783. The van der Waals surface area contributed by atoms with Crippen molar-refractivity contribution in [2.24, 2.45) is 0 Å². The van der Waals surface area contributed by atoms with Crippen molar-refractivity contribution in [2.75, 3.05) is 38.3 Å². The minimum absolute atomic E-state index is 0.129. The molecule has 0 unspecified atom stereocenters. The molecule has 2 rings (SSSR count). The third-order valence-corrected chi connectivity index (χ3v) is 2.77. The number of hydrogen-bond donors (Lipinski definition) is 0. The molecule has 1 saturated heterocycles. The fourth-order valence-corrected chi connectivity index (χ4v) is 2.07. The largest absolute Gasteiger partial charge is 0.382 e. The first-order valence-corrected chi connectivity index (χ1v) is 5.87. The summed E-state index contributed by atoms with van der Waals surface area (Å²) in [5.41, 5.74) is 1.00. The van der Waals surface area contributed by atoms with Crippen LogP contribution in [0.3, 0.4) is 0 Å². The Morgan fingerprint density at radius 2 is 2.29 bits per heavy atom. The minimum atomic E-state index is 0.129. The van der Waals surface area contributed by atoms with Crippen LogP contribution in [0.1, 0.15) is 11.5 Å². The Bertz CT molecular complexity index is 362. The van der Waals surface area contributed by atoms with Crippen molar-refractivity contribution in [1.29, 1.82) is 0 Å². The van der Waals surface area contributed by atoms with Gasteiger partial charge in [0, 0.05) is 32.0 Å². The van der Waals surface area contributed by atoms with Crippen LogP contribution in [0.15, 0.2) is 6.07 Å². The van der Waals surface area contributed by atoms with E-state index in [1.54, 1.807) is 7.11 Å². The maximum absolute atomic E-state index is 5.62. The second kappa shape index (κ2) is 5.42. The van der Waals surface area contributed by atoms with E-state index in [-0.39, 0.29) is 6.10 Å². The van der Waals surface area contributed by atoms with Crippen molar-refractivity contribution in [2.45, 2.75) is 20.0 Å². The van der Waals surface area contributed by atoms with E-state index in [9.17, 15) is 0 Å². The maximum Gasteiger partial charge on any atom is 0.132 e. The Morgan fingerprint density at radius 1 is 1.47 bits per heavy atom. The predicted octanol–water partition coefficient (Wildman–Crippen LogP) is 0.945. The highest BCUT2D eigenvalue weighted by Gasteiger charge is 2.21. The van der Waals surface area contributed by atoms with Gasteiger partial charge in [-0.3, -0.25) is 0 Å². The Kier molecular flexibility index (Phi) is 3.91. The molecule has 1 aliphatic heterocycles. The first kappa shape index (κ1) is 12.3. The van der Waals surface area contributed by atoms with Crippen LogP contribution in [0.4, 0.5) is 5.82 Å². The number of ether oxygens (including phenoxy) is 2. The summed E-state index contributed by atoms with van der Waals surface area (Å²) in [6.45, 7) is 6.95. The summed E-state index contributed by atoms with van der Waals surface area (Å²) in [6, 6.07) is 2.02. The molecule has 0 spiro atoms. The van der Waals surface area contributed by atoms with Crippen LogP contribution in [0, 0.1) is 13.8 Å². The van der Waals surface area contributed by atoms with E-state index in [1.165, 1.54) is 0 Å². The molecule has 17 heavy (non-hydrogen) atoms.